The maximum Gasteiger partial charge on any atom is 0.469 e. The van der Waals surface area contributed by atoms with Gasteiger partial charge in [-0.3, -0.25) is 13.9 Å². The topological polar surface area (TPSA) is 180 Å². The number of hydrogen-bond donors (Lipinski definition) is 5. The van der Waals surface area contributed by atoms with Crippen molar-refractivity contribution in [2.75, 3.05) is 6.61 Å². The van der Waals surface area contributed by atoms with E-state index in [-0.39, 0.29) is 11.2 Å². The summed E-state index contributed by atoms with van der Waals surface area (Å²) in [5.41, 5.74) is -0.336. The van der Waals surface area contributed by atoms with Gasteiger partial charge in [-0.15, -0.1) is 0 Å². The van der Waals surface area contributed by atoms with Crippen molar-refractivity contribution in [1.82, 2.24) is 19.5 Å². The molecule has 12 nitrogen and oxygen atoms in total. The number of H-pyrrole nitrogens is 1. The average Bonchev–Trinajstić information content (AvgIpc) is 3.01. The molecule has 5 N–H and O–H groups in total. The van der Waals surface area contributed by atoms with Crippen molar-refractivity contribution in [3.8, 4) is 0 Å². The Labute approximate surface area is 127 Å². The number of aliphatic hydroxyl groups is 2. The summed E-state index contributed by atoms with van der Waals surface area (Å²) in [6.45, 7) is -0.625. The van der Waals surface area contributed by atoms with Crippen LogP contribution in [0, 0.1) is 0 Å². The molecule has 0 saturated carbocycles. The van der Waals surface area contributed by atoms with Gasteiger partial charge in [0.1, 0.15) is 18.3 Å². The number of aromatic amines is 1. The Morgan fingerprint density at radius 1 is 1.35 bits per heavy atom. The molecule has 0 radical (unpaired) electrons. The first kappa shape index (κ1) is 16.2. The largest absolute Gasteiger partial charge is 0.469 e. The highest BCUT2D eigenvalue weighted by Crippen LogP contribution is 2.38. The van der Waals surface area contributed by atoms with Crippen LogP contribution in [0.3, 0.4) is 0 Å². The third-order valence-corrected chi connectivity index (χ3v) is 3.87. The van der Waals surface area contributed by atoms with Gasteiger partial charge in [0.15, 0.2) is 17.4 Å². The molecule has 2 aromatic rings. The molecule has 13 heteroatoms. The molecular weight excluding hydrogens is 335 g/mol. The van der Waals surface area contributed by atoms with Crippen molar-refractivity contribution in [2.24, 2.45) is 0 Å². The molecule has 0 unspecified atom stereocenters. The number of imidazole rings is 1. The number of aliphatic hydroxyl groups excluding tert-OH is 2. The van der Waals surface area contributed by atoms with Crippen LogP contribution in [0.25, 0.3) is 11.2 Å². The van der Waals surface area contributed by atoms with Gasteiger partial charge in [-0.1, -0.05) is 0 Å². The third-order valence-electron chi connectivity index (χ3n) is 3.38. The first-order valence-corrected chi connectivity index (χ1v) is 7.93. The van der Waals surface area contributed by atoms with Gasteiger partial charge in [-0.2, -0.15) is 0 Å². The standard InChI is InChI=1S/C10H13N4O8P/c15-6-4(1-21-23(18,19)20)22-10(7(6)16)14-3-13-5-8(14)11-2-12-9(5)17/h2-4,6-7,10,15-16H,1H2,(H,11,12,17)(H2,18,19,20)/t4-,6+,7-,10+/m1/s1. The number of nitrogens with one attached hydrogen (secondary N) is 1. The minimum Gasteiger partial charge on any atom is -0.387 e. The second-order valence-corrected chi connectivity index (χ2v) is 6.13. The summed E-state index contributed by atoms with van der Waals surface area (Å²) in [5, 5.41) is 20.0. The summed E-state index contributed by atoms with van der Waals surface area (Å²) in [4.78, 5) is 39.1. The zero-order valence-electron chi connectivity index (χ0n) is 11.4. The number of ether oxygens (including phenoxy) is 1. The molecular formula is C10H13N4O8P. The maximum atomic E-state index is 11.6. The first-order valence-electron chi connectivity index (χ1n) is 6.40. The van der Waals surface area contributed by atoms with Crippen LogP contribution in [-0.2, 0) is 13.8 Å². The Balaban J connectivity index is 1.87. The molecule has 0 amide bonds. The first-order chi connectivity index (χ1) is 10.8. The smallest absolute Gasteiger partial charge is 0.387 e. The van der Waals surface area contributed by atoms with E-state index in [1.807, 2.05) is 0 Å². The molecule has 0 bridgehead atoms. The number of nitrogens with zero attached hydrogens (tertiary/aromatic N) is 3. The molecule has 1 aliphatic heterocycles. The van der Waals surface area contributed by atoms with E-state index in [0.717, 1.165) is 6.33 Å². The van der Waals surface area contributed by atoms with E-state index in [2.05, 4.69) is 19.5 Å². The van der Waals surface area contributed by atoms with Gasteiger partial charge in [-0.25, -0.2) is 14.5 Å². The average molecular weight is 348 g/mol. The third kappa shape index (κ3) is 3.05. The molecule has 2 aromatic heterocycles. The lowest BCUT2D eigenvalue weighted by atomic mass is 10.1. The monoisotopic (exact) mass is 348 g/mol. The van der Waals surface area contributed by atoms with Gasteiger partial charge in [0, 0.05) is 0 Å². The quantitative estimate of drug-likeness (QED) is 0.382. The Morgan fingerprint density at radius 2 is 2.09 bits per heavy atom. The van der Waals surface area contributed by atoms with E-state index >= 15 is 0 Å². The number of hydrogen-bond acceptors (Lipinski definition) is 8. The summed E-state index contributed by atoms with van der Waals surface area (Å²) < 4.78 is 21.6. The van der Waals surface area contributed by atoms with Crippen molar-refractivity contribution in [1.29, 1.82) is 0 Å². The lowest BCUT2D eigenvalue weighted by molar-refractivity contribution is -0.0504. The van der Waals surface area contributed by atoms with Crippen molar-refractivity contribution in [2.45, 2.75) is 24.5 Å². The van der Waals surface area contributed by atoms with Crippen LogP contribution in [0.1, 0.15) is 6.23 Å². The molecule has 126 valence electrons. The van der Waals surface area contributed by atoms with Crippen LogP contribution < -0.4 is 5.56 Å². The predicted octanol–water partition coefficient (Wildman–Crippen LogP) is -2.15. The van der Waals surface area contributed by atoms with E-state index in [1.165, 1.54) is 10.9 Å². The number of fused-ring (bicyclic) bond motifs is 1. The lowest BCUT2D eigenvalue weighted by Crippen LogP contribution is -2.33. The normalized spacial score (nSPS) is 28.5. The molecule has 1 aliphatic rings. The summed E-state index contributed by atoms with van der Waals surface area (Å²) in [6, 6.07) is 0. The van der Waals surface area contributed by atoms with E-state index in [4.69, 9.17) is 14.5 Å². The van der Waals surface area contributed by atoms with Crippen molar-refractivity contribution in [3.63, 3.8) is 0 Å². The number of phosphoric ester groups is 1. The molecule has 1 saturated heterocycles. The predicted molar refractivity (Wildman–Crippen MR) is 72.1 cm³/mol. The van der Waals surface area contributed by atoms with Gasteiger partial charge in [0.25, 0.3) is 5.56 Å². The Morgan fingerprint density at radius 3 is 2.78 bits per heavy atom. The van der Waals surface area contributed by atoms with Crippen LogP contribution in [-0.4, -0.2) is 64.4 Å². The Kier molecular flexibility index (Phi) is 4.06. The SMILES string of the molecule is O=c1[nH]cnc2c1ncn2[C@H]1O[C@H](COP(=O)(O)O)[C@H](O)[C@H]1O. The van der Waals surface area contributed by atoms with Crippen LogP contribution in [0.2, 0.25) is 0 Å². The fourth-order valence-corrected chi connectivity index (χ4v) is 2.66. The fraction of sp³-hybridized carbons (Fsp3) is 0.500. The minimum absolute atomic E-state index is 0.0210. The second kappa shape index (κ2) is 5.76. The zero-order valence-corrected chi connectivity index (χ0v) is 12.3. The minimum atomic E-state index is -4.74. The van der Waals surface area contributed by atoms with Gasteiger partial charge >= 0.3 is 7.82 Å². The number of aromatic nitrogens is 4. The van der Waals surface area contributed by atoms with E-state index < -0.39 is 44.5 Å². The highest BCUT2D eigenvalue weighted by atomic mass is 31.2. The molecule has 1 fully saturated rings. The Bertz CT molecular complexity index is 815. The number of rotatable bonds is 4. The molecule has 3 heterocycles. The van der Waals surface area contributed by atoms with Crippen molar-refractivity contribution >= 4 is 19.0 Å². The zero-order chi connectivity index (χ0) is 16.8. The van der Waals surface area contributed by atoms with Crippen LogP contribution in [0.15, 0.2) is 17.4 Å². The van der Waals surface area contributed by atoms with Gasteiger partial charge < -0.3 is 29.7 Å². The van der Waals surface area contributed by atoms with Crippen LogP contribution in [0.5, 0.6) is 0 Å². The molecule has 0 aromatic carbocycles. The molecule has 0 spiro atoms. The van der Waals surface area contributed by atoms with Crippen molar-refractivity contribution in [3.05, 3.63) is 23.0 Å². The van der Waals surface area contributed by atoms with Crippen molar-refractivity contribution < 1.29 is 33.8 Å². The molecule has 0 aliphatic carbocycles. The maximum absolute atomic E-state index is 11.6. The van der Waals surface area contributed by atoms with Crippen LogP contribution in [0.4, 0.5) is 0 Å². The van der Waals surface area contributed by atoms with E-state index in [1.54, 1.807) is 0 Å². The molecule has 23 heavy (non-hydrogen) atoms. The summed E-state index contributed by atoms with van der Waals surface area (Å²) in [5.74, 6) is 0. The van der Waals surface area contributed by atoms with Gasteiger partial charge in [0.2, 0.25) is 0 Å². The summed E-state index contributed by atoms with van der Waals surface area (Å²) >= 11 is 0. The fourth-order valence-electron chi connectivity index (χ4n) is 2.32. The van der Waals surface area contributed by atoms with Gasteiger partial charge in [-0.05, 0) is 0 Å². The van der Waals surface area contributed by atoms with E-state index in [0.29, 0.717) is 0 Å². The molecule has 3 rings (SSSR count). The highest BCUT2D eigenvalue weighted by molar-refractivity contribution is 7.46. The van der Waals surface area contributed by atoms with E-state index in [9.17, 15) is 19.6 Å². The lowest BCUT2D eigenvalue weighted by Gasteiger charge is -2.16. The summed E-state index contributed by atoms with van der Waals surface area (Å²) in [7, 11) is -4.74. The van der Waals surface area contributed by atoms with Gasteiger partial charge in [0.05, 0.1) is 19.3 Å². The van der Waals surface area contributed by atoms with Crippen LogP contribution >= 0.6 is 7.82 Å². The number of phosphoric acid groups is 1. The second-order valence-electron chi connectivity index (χ2n) is 4.89. The highest BCUT2D eigenvalue weighted by Gasteiger charge is 2.45. The molecule has 4 atom stereocenters. The Hall–Kier alpha value is -1.66. The summed E-state index contributed by atoms with van der Waals surface area (Å²) in [6.07, 6.45) is -2.85.